The number of aliphatic imine (C=N–C) groups is 1. The Balaban J connectivity index is 1.48. The number of likely N-dealkylation sites (tertiary alicyclic amines) is 1. The molecule has 0 bridgehead atoms. The Morgan fingerprint density at radius 3 is 2.39 bits per heavy atom. The highest BCUT2D eigenvalue weighted by atomic mass is 16.3. The van der Waals surface area contributed by atoms with Crippen LogP contribution < -0.4 is 11.1 Å². The van der Waals surface area contributed by atoms with E-state index >= 15 is 0 Å². The third-order valence-electron chi connectivity index (χ3n) is 5.47. The molecule has 2 aliphatic rings. The van der Waals surface area contributed by atoms with Crippen molar-refractivity contribution in [3.63, 3.8) is 0 Å². The van der Waals surface area contributed by atoms with Crippen LogP contribution >= 0.6 is 0 Å². The van der Waals surface area contributed by atoms with Crippen molar-refractivity contribution in [2.75, 3.05) is 46.3 Å². The molecule has 0 aliphatic carbocycles. The fourth-order valence-electron chi connectivity index (χ4n) is 3.78. The van der Waals surface area contributed by atoms with Gasteiger partial charge in [0.15, 0.2) is 11.7 Å². The first-order valence-electron chi connectivity index (χ1n) is 9.86. The minimum absolute atomic E-state index is 0.0782. The first-order chi connectivity index (χ1) is 13.5. The smallest absolute Gasteiger partial charge is 0.284 e. The predicted molar refractivity (Wildman–Crippen MR) is 106 cm³/mol. The topological polar surface area (TPSA) is 107 Å². The molecule has 1 atom stereocenters. The number of hydrogen-bond acceptors (Lipinski definition) is 5. The quantitative estimate of drug-likeness (QED) is 0.545. The number of nitrogens with two attached hydrogens (primary N) is 1. The standard InChI is InChI=1S/C19H30N6O3/c1-14(18(27)24-7-3-4-8-24)23-9-11-25(12-10-23)19(21-2)22-13-15-5-6-16(28-15)17(20)26/h5-6,14H,3-4,7-13H2,1-2H3,(H2,20,26)(H,21,22). The highest BCUT2D eigenvalue weighted by Gasteiger charge is 2.30. The molecule has 0 saturated carbocycles. The highest BCUT2D eigenvalue weighted by molar-refractivity contribution is 5.89. The summed E-state index contributed by atoms with van der Waals surface area (Å²) in [6.45, 7) is 7.43. The van der Waals surface area contributed by atoms with Gasteiger partial charge in [0.05, 0.1) is 12.6 Å². The Labute approximate surface area is 165 Å². The number of rotatable bonds is 5. The summed E-state index contributed by atoms with van der Waals surface area (Å²) in [6, 6.07) is 3.22. The molecular formula is C19H30N6O3. The Hall–Kier alpha value is -2.55. The molecule has 2 aliphatic heterocycles. The lowest BCUT2D eigenvalue weighted by Crippen LogP contribution is -2.57. The van der Waals surface area contributed by atoms with Gasteiger partial charge in [0, 0.05) is 46.3 Å². The van der Waals surface area contributed by atoms with Gasteiger partial charge < -0.3 is 25.3 Å². The van der Waals surface area contributed by atoms with E-state index < -0.39 is 5.91 Å². The average molecular weight is 390 g/mol. The lowest BCUT2D eigenvalue weighted by Gasteiger charge is -2.39. The van der Waals surface area contributed by atoms with Crippen LogP contribution in [0.15, 0.2) is 21.5 Å². The van der Waals surface area contributed by atoms with Gasteiger partial charge in [-0.3, -0.25) is 19.5 Å². The van der Waals surface area contributed by atoms with E-state index in [0.29, 0.717) is 12.3 Å². The number of piperazine rings is 1. The van der Waals surface area contributed by atoms with E-state index in [1.54, 1.807) is 19.2 Å². The molecule has 9 nitrogen and oxygen atoms in total. The number of nitrogens with zero attached hydrogens (tertiary/aromatic N) is 4. The zero-order valence-electron chi connectivity index (χ0n) is 16.7. The van der Waals surface area contributed by atoms with E-state index in [2.05, 4.69) is 20.1 Å². The maximum absolute atomic E-state index is 12.6. The monoisotopic (exact) mass is 390 g/mol. The summed E-state index contributed by atoms with van der Waals surface area (Å²) < 4.78 is 5.39. The molecule has 1 unspecified atom stereocenters. The van der Waals surface area contributed by atoms with Gasteiger partial charge in [-0.25, -0.2) is 0 Å². The first-order valence-corrected chi connectivity index (χ1v) is 9.86. The summed E-state index contributed by atoms with van der Waals surface area (Å²) in [5.74, 6) is 1.21. The molecule has 1 aromatic rings. The Morgan fingerprint density at radius 2 is 1.82 bits per heavy atom. The largest absolute Gasteiger partial charge is 0.454 e. The van der Waals surface area contributed by atoms with Crippen LogP contribution in [0.1, 0.15) is 36.1 Å². The third-order valence-corrected chi connectivity index (χ3v) is 5.47. The highest BCUT2D eigenvalue weighted by Crippen LogP contribution is 2.14. The minimum atomic E-state index is -0.579. The van der Waals surface area contributed by atoms with E-state index in [-0.39, 0.29) is 17.7 Å². The number of carbonyl (C=O) groups excluding carboxylic acids is 2. The summed E-state index contributed by atoms with van der Waals surface area (Å²) in [7, 11) is 1.74. The van der Waals surface area contributed by atoms with Gasteiger partial charge in [0.1, 0.15) is 5.76 Å². The lowest BCUT2D eigenvalue weighted by atomic mass is 10.2. The summed E-state index contributed by atoms with van der Waals surface area (Å²) >= 11 is 0. The summed E-state index contributed by atoms with van der Waals surface area (Å²) in [6.07, 6.45) is 2.23. The van der Waals surface area contributed by atoms with Crippen LogP contribution in [0.5, 0.6) is 0 Å². The van der Waals surface area contributed by atoms with Gasteiger partial charge in [-0.05, 0) is 31.9 Å². The second kappa shape index (κ2) is 9.09. The molecule has 2 saturated heterocycles. The fourth-order valence-corrected chi connectivity index (χ4v) is 3.78. The SMILES string of the molecule is CN=C(NCc1ccc(C(N)=O)o1)N1CCN(C(C)C(=O)N2CCCC2)CC1. The van der Waals surface area contributed by atoms with Gasteiger partial charge >= 0.3 is 0 Å². The number of carbonyl (C=O) groups is 2. The minimum Gasteiger partial charge on any atom is -0.454 e. The van der Waals surface area contributed by atoms with Crippen molar-refractivity contribution in [2.45, 2.75) is 32.4 Å². The van der Waals surface area contributed by atoms with Crippen LogP contribution in [0.2, 0.25) is 0 Å². The normalized spacial score (nSPS) is 19.7. The van der Waals surface area contributed by atoms with Crippen molar-refractivity contribution in [3.05, 3.63) is 23.7 Å². The van der Waals surface area contributed by atoms with E-state index in [1.807, 2.05) is 11.8 Å². The van der Waals surface area contributed by atoms with Crippen LogP contribution in [-0.4, -0.2) is 84.8 Å². The molecule has 0 radical (unpaired) electrons. The molecule has 2 amide bonds. The Morgan fingerprint density at radius 1 is 1.14 bits per heavy atom. The van der Waals surface area contributed by atoms with Gasteiger partial charge in [-0.15, -0.1) is 0 Å². The number of amides is 2. The van der Waals surface area contributed by atoms with Crippen LogP contribution in [0.4, 0.5) is 0 Å². The lowest BCUT2D eigenvalue weighted by molar-refractivity contribution is -0.135. The molecular weight excluding hydrogens is 360 g/mol. The number of furan rings is 1. The van der Waals surface area contributed by atoms with Crippen molar-refractivity contribution < 1.29 is 14.0 Å². The van der Waals surface area contributed by atoms with Crippen molar-refractivity contribution in [1.82, 2.24) is 20.0 Å². The summed E-state index contributed by atoms with van der Waals surface area (Å²) in [5.41, 5.74) is 5.21. The Bertz CT molecular complexity index is 717. The molecule has 28 heavy (non-hydrogen) atoms. The third kappa shape index (κ3) is 4.64. The molecule has 0 aromatic carbocycles. The van der Waals surface area contributed by atoms with Gasteiger partial charge in [0.2, 0.25) is 5.91 Å². The molecule has 154 valence electrons. The van der Waals surface area contributed by atoms with E-state index in [9.17, 15) is 9.59 Å². The van der Waals surface area contributed by atoms with Gasteiger partial charge in [0.25, 0.3) is 5.91 Å². The van der Waals surface area contributed by atoms with Crippen LogP contribution in [0, 0.1) is 0 Å². The van der Waals surface area contributed by atoms with Crippen LogP contribution in [0.25, 0.3) is 0 Å². The van der Waals surface area contributed by atoms with Crippen molar-refractivity contribution in [2.24, 2.45) is 10.7 Å². The van der Waals surface area contributed by atoms with Gasteiger partial charge in [-0.1, -0.05) is 0 Å². The number of nitrogens with one attached hydrogen (secondary N) is 1. The van der Waals surface area contributed by atoms with Crippen molar-refractivity contribution in [1.29, 1.82) is 0 Å². The van der Waals surface area contributed by atoms with Crippen LogP contribution in [-0.2, 0) is 11.3 Å². The van der Waals surface area contributed by atoms with Crippen molar-refractivity contribution in [3.8, 4) is 0 Å². The summed E-state index contributed by atoms with van der Waals surface area (Å²) in [4.78, 5) is 34.5. The fraction of sp³-hybridized carbons (Fsp3) is 0.632. The number of guanidine groups is 1. The Kier molecular flexibility index (Phi) is 6.56. The van der Waals surface area contributed by atoms with Crippen LogP contribution in [0.3, 0.4) is 0 Å². The zero-order valence-corrected chi connectivity index (χ0v) is 16.7. The maximum Gasteiger partial charge on any atom is 0.284 e. The summed E-state index contributed by atoms with van der Waals surface area (Å²) in [5, 5.41) is 3.26. The molecule has 9 heteroatoms. The molecule has 0 spiro atoms. The van der Waals surface area contributed by atoms with E-state index in [4.69, 9.17) is 10.2 Å². The molecule has 3 rings (SSSR count). The second-order valence-electron chi connectivity index (χ2n) is 7.26. The maximum atomic E-state index is 12.6. The van der Waals surface area contributed by atoms with E-state index in [1.165, 1.54) is 0 Å². The first kappa shape index (κ1) is 20.2. The molecule has 2 fully saturated rings. The van der Waals surface area contributed by atoms with Gasteiger partial charge in [-0.2, -0.15) is 0 Å². The van der Waals surface area contributed by atoms with Crippen molar-refractivity contribution >= 4 is 17.8 Å². The number of primary amides is 1. The average Bonchev–Trinajstić information content (AvgIpc) is 3.40. The van der Waals surface area contributed by atoms with E-state index in [0.717, 1.165) is 58.1 Å². The predicted octanol–water partition coefficient (Wildman–Crippen LogP) is 0.0824. The molecule has 1 aromatic heterocycles. The number of hydrogen-bond donors (Lipinski definition) is 2. The molecule has 3 heterocycles. The second-order valence-corrected chi connectivity index (χ2v) is 7.26. The molecule has 3 N–H and O–H groups in total. The zero-order chi connectivity index (χ0) is 20.1.